The Hall–Kier alpha value is -2.94. The Kier molecular flexibility index (Phi) is 3.24. The Morgan fingerprint density at radius 1 is 0.476 bits per heavy atom. The molecule has 0 aromatic heterocycles. The predicted molar refractivity (Wildman–Crippen MR) is 90.6 cm³/mol. The lowest BCUT2D eigenvalue weighted by Gasteiger charge is -2.15. The zero-order valence-corrected chi connectivity index (χ0v) is 11.6. The molecule has 0 amide bonds. The first kappa shape index (κ1) is 13.1. The van der Waals surface area contributed by atoms with E-state index in [0.717, 1.165) is 22.3 Å². The molecule has 21 heavy (non-hydrogen) atoms. The van der Waals surface area contributed by atoms with Gasteiger partial charge in [-0.2, -0.15) is 0 Å². The number of nitrogens with two attached hydrogens (primary N) is 3. The van der Waals surface area contributed by atoms with Crippen molar-refractivity contribution in [1.29, 1.82) is 0 Å². The molecule has 3 heteroatoms. The van der Waals surface area contributed by atoms with Gasteiger partial charge in [0.25, 0.3) is 0 Å². The maximum Gasteiger partial charge on any atom is 0.0794 e. The van der Waals surface area contributed by atoms with Crippen LogP contribution in [-0.2, 0) is 0 Å². The van der Waals surface area contributed by atoms with Gasteiger partial charge < -0.3 is 17.2 Å². The van der Waals surface area contributed by atoms with Crippen molar-refractivity contribution in [2.75, 3.05) is 17.2 Å². The van der Waals surface area contributed by atoms with Crippen LogP contribution in [0.3, 0.4) is 0 Å². The first-order chi connectivity index (χ1) is 10.2. The van der Waals surface area contributed by atoms with Gasteiger partial charge >= 0.3 is 0 Å². The molecule has 0 saturated heterocycles. The summed E-state index contributed by atoms with van der Waals surface area (Å²) in [6.45, 7) is 0. The molecule has 0 saturated carbocycles. The zero-order chi connectivity index (χ0) is 14.8. The fourth-order valence-corrected chi connectivity index (χ4v) is 2.45. The van der Waals surface area contributed by atoms with Crippen LogP contribution in [0.2, 0.25) is 0 Å². The largest absolute Gasteiger partial charge is 0.396 e. The Morgan fingerprint density at radius 3 is 1.24 bits per heavy atom. The van der Waals surface area contributed by atoms with E-state index in [4.69, 9.17) is 17.2 Å². The monoisotopic (exact) mass is 275 g/mol. The molecule has 0 spiro atoms. The molecule has 3 rings (SSSR count). The van der Waals surface area contributed by atoms with Gasteiger partial charge in [0.15, 0.2) is 0 Å². The van der Waals surface area contributed by atoms with Crippen molar-refractivity contribution in [2.24, 2.45) is 0 Å². The SMILES string of the molecule is Nc1c(-c2ccccc2)cc(-c2ccccc2)c(N)c1N. The maximum atomic E-state index is 6.16. The summed E-state index contributed by atoms with van der Waals surface area (Å²) in [5, 5.41) is 0. The van der Waals surface area contributed by atoms with E-state index in [1.165, 1.54) is 0 Å². The second kappa shape index (κ2) is 5.21. The molecule has 0 heterocycles. The van der Waals surface area contributed by atoms with E-state index in [9.17, 15) is 0 Å². The number of hydrogen-bond acceptors (Lipinski definition) is 3. The molecule has 0 fully saturated rings. The van der Waals surface area contributed by atoms with Crippen molar-refractivity contribution in [3.63, 3.8) is 0 Å². The lowest BCUT2D eigenvalue weighted by atomic mass is 9.94. The van der Waals surface area contributed by atoms with Gasteiger partial charge in [-0.25, -0.2) is 0 Å². The second-order valence-corrected chi connectivity index (χ2v) is 4.94. The molecule has 0 aliphatic heterocycles. The molecule has 6 N–H and O–H groups in total. The Labute approximate surface area is 124 Å². The van der Waals surface area contributed by atoms with Crippen LogP contribution in [0.5, 0.6) is 0 Å². The third kappa shape index (κ3) is 2.30. The van der Waals surface area contributed by atoms with E-state index in [1.807, 2.05) is 66.7 Å². The molecule has 0 bridgehead atoms. The third-order valence-electron chi connectivity index (χ3n) is 3.62. The van der Waals surface area contributed by atoms with Gasteiger partial charge in [0.05, 0.1) is 17.1 Å². The normalized spacial score (nSPS) is 10.5. The van der Waals surface area contributed by atoms with Crippen LogP contribution >= 0.6 is 0 Å². The van der Waals surface area contributed by atoms with Gasteiger partial charge in [-0.1, -0.05) is 60.7 Å². The van der Waals surface area contributed by atoms with Crippen LogP contribution in [0.1, 0.15) is 0 Å². The minimum Gasteiger partial charge on any atom is -0.396 e. The molecular weight excluding hydrogens is 258 g/mol. The highest BCUT2D eigenvalue weighted by atomic mass is 14.7. The molecular formula is C18H17N3. The van der Waals surface area contributed by atoms with Crippen molar-refractivity contribution in [1.82, 2.24) is 0 Å². The van der Waals surface area contributed by atoms with Crippen LogP contribution < -0.4 is 17.2 Å². The lowest BCUT2D eigenvalue weighted by Crippen LogP contribution is -2.04. The summed E-state index contributed by atoms with van der Waals surface area (Å²) in [5.41, 5.74) is 23.8. The highest BCUT2D eigenvalue weighted by molar-refractivity contribution is 5.98. The number of benzene rings is 3. The number of anilines is 3. The summed E-state index contributed by atoms with van der Waals surface area (Å²) >= 11 is 0. The topological polar surface area (TPSA) is 78.1 Å². The fraction of sp³-hybridized carbons (Fsp3) is 0. The van der Waals surface area contributed by atoms with Gasteiger partial charge in [-0.15, -0.1) is 0 Å². The number of nitrogen functional groups attached to an aromatic ring is 3. The predicted octanol–water partition coefficient (Wildman–Crippen LogP) is 3.77. The highest BCUT2D eigenvalue weighted by Crippen LogP contribution is 2.40. The maximum absolute atomic E-state index is 6.16. The van der Waals surface area contributed by atoms with Gasteiger partial charge in [0.1, 0.15) is 0 Å². The van der Waals surface area contributed by atoms with Crippen LogP contribution in [0.4, 0.5) is 17.1 Å². The quantitative estimate of drug-likeness (QED) is 0.623. The summed E-state index contributed by atoms with van der Waals surface area (Å²) in [5.74, 6) is 0. The lowest BCUT2D eigenvalue weighted by molar-refractivity contribution is 1.57. The summed E-state index contributed by atoms with van der Waals surface area (Å²) in [7, 11) is 0. The average Bonchev–Trinajstić information content (AvgIpc) is 2.55. The molecule has 0 aliphatic rings. The minimum atomic E-state index is 0.440. The van der Waals surface area contributed by atoms with Crippen molar-refractivity contribution in [2.45, 2.75) is 0 Å². The van der Waals surface area contributed by atoms with Gasteiger partial charge in [0.2, 0.25) is 0 Å². The van der Waals surface area contributed by atoms with Crippen molar-refractivity contribution in [3.05, 3.63) is 66.7 Å². The number of rotatable bonds is 2. The van der Waals surface area contributed by atoms with Gasteiger partial charge in [-0.05, 0) is 17.2 Å². The van der Waals surface area contributed by atoms with Crippen LogP contribution in [0.25, 0.3) is 22.3 Å². The molecule has 3 aromatic carbocycles. The second-order valence-electron chi connectivity index (χ2n) is 4.94. The molecule has 3 aromatic rings. The first-order valence-corrected chi connectivity index (χ1v) is 6.76. The van der Waals surface area contributed by atoms with Crippen molar-refractivity contribution < 1.29 is 0 Å². The molecule has 0 radical (unpaired) electrons. The fourth-order valence-electron chi connectivity index (χ4n) is 2.45. The minimum absolute atomic E-state index is 0.440. The summed E-state index contributed by atoms with van der Waals surface area (Å²) < 4.78 is 0. The summed E-state index contributed by atoms with van der Waals surface area (Å²) in [6.07, 6.45) is 0. The van der Waals surface area contributed by atoms with Gasteiger partial charge in [-0.3, -0.25) is 0 Å². The molecule has 3 nitrogen and oxygen atoms in total. The van der Waals surface area contributed by atoms with E-state index in [-0.39, 0.29) is 0 Å². The Morgan fingerprint density at radius 2 is 0.857 bits per heavy atom. The average molecular weight is 275 g/mol. The Balaban J connectivity index is 2.26. The summed E-state index contributed by atoms with van der Waals surface area (Å²) in [6, 6.07) is 21.9. The van der Waals surface area contributed by atoms with E-state index < -0.39 is 0 Å². The van der Waals surface area contributed by atoms with Crippen LogP contribution in [0.15, 0.2) is 66.7 Å². The smallest absolute Gasteiger partial charge is 0.0794 e. The van der Waals surface area contributed by atoms with Gasteiger partial charge in [0, 0.05) is 11.1 Å². The molecule has 0 aliphatic carbocycles. The third-order valence-corrected chi connectivity index (χ3v) is 3.62. The van der Waals surface area contributed by atoms with E-state index in [0.29, 0.717) is 17.1 Å². The molecule has 104 valence electrons. The molecule has 0 atom stereocenters. The van der Waals surface area contributed by atoms with E-state index in [1.54, 1.807) is 0 Å². The number of hydrogen-bond donors (Lipinski definition) is 3. The molecule has 0 unspecified atom stereocenters. The summed E-state index contributed by atoms with van der Waals surface area (Å²) in [4.78, 5) is 0. The van der Waals surface area contributed by atoms with E-state index >= 15 is 0 Å². The Bertz CT molecular complexity index is 702. The van der Waals surface area contributed by atoms with Crippen LogP contribution in [0, 0.1) is 0 Å². The zero-order valence-electron chi connectivity index (χ0n) is 11.6. The standard InChI is InChI=1S/C18H17N3/c19-16-14(12-7-3-1-4-8-12)11-15(17(20)18(16)21)13-9-5-2-6-10-13/h1-11H,19-21H2. The highest BCUT2D eigenvalue weighted by Gasteiger charge is 2.14. The van der Waals surface area contributed by atoms with Crippen LogP contribution in [-0.4, -0.2) is 0 Å². The van der Waals surface area contributed by atoms with E-state index in [2.05, 4.69) is 0 Å². The van der Waals surface area contributed by atoms with Crippen molar-refractivity contribution >= 4 is 17.1 Å². The first-order valence-electron chi connectivity index (χ1n) is 6.76. The van der Waals surface area contributed by atoms with Crippen molar-refractivity contribution in [3.8, 4) is 22.3 Å².